The van der Waals surface area contributed by atoms with Crippen molar-refractivity contribution in [2.45, 2.75) is 20.0 Å². The lowest BCUT2D eigenvalue weighted by Gasteiger charge is -2.11. The van der Waals surface area contributed by atoms with Crippen LogP contribution in [0.5, 0.6) is 5.75 Å². The van der Waals surface area contributed by atoms with Gasteiger partial charge in [-0.3, -0.25) is 4.79 Å². The molecule has 0 radical (unpaired) electrons. The van der Waals surface area contributed by atoms with Crippen LogP contribution in [0.15, 0.2) is 18.2 Å². The summed E-state index contributed by atoms with van der Waals surface area (Å²) in [6.07, 6.45) is 0.144. The minimum atomic E-state index is -0.430. The molecule has 0 fully saturated rings. The summed E-state index contributed by atoms with van der Waals surface area (Å²) in [6, 6.07) is 7.03. The maximum atomic E-state index is 11.5. The average Bonchev–Trinajstić information content (AvgIpc) is 2.36. The molecule has 96 valence electrons. The first kappa shape index (κ1) is 14.3. The van der Waals surface area contributed by atoms with Gasteiger partial charge in [-0.05, 0) is 18.2 Å². The Morgan fingerprint density at radius 2 is 2.28 bits per heavy atom. The van der Waals surface area contributed by atoms with Gasteiger partial charge in [0.1, 0.15) is 12.4 Å². The van der Waals surface area contributed by atoms with Crippen molar-refractivity contribution in [3.05, 3.63) is 28.8 Å². The standard InChI is InChI=1S/C13H14ClNO3/c1-9(5-6-15)13(16)18-8-10-7-11(14)3-4-12(10)17-2/h3-4,7,9H,5,8H2,1-2H3. The SMILES string of the molecule is COc1ccc(Cl)cc1COC(=O)C(C)CC#N. The van der Waals surface area contributed by atoms with Crippen molar-refractivity contribution in [2.24, 2.45) is 5.92 Å². The first-order chi connectivity index (χ1) is 8.58. The molecule has 0 bridgehead atoms. The first-order valence-electron chi connectivity index (χ1n) is 5.44. The lowest BCUT2D eigenvalue weighted by molar-refractivity contribution is -0.149. The van der Waals surface area contributed by atoms with Gasteiger partial charge >= 0.3 is 5.97 Å². The van der Waals surface area contributed by atoms with Gasteiger partial charge in [0.05, 0.1) is 19.1 Å². The zero-order valence-electron chi connectivity index (χ0n) is 10.3. The summed E-state index contributed by atoms with van der Waals surface area (Å²) in [5.41, 5.74) is 0.697. The molecule has 0 aliphatic heterocycles. The number of esters is 1. The number of hydrogen-bond donors (Lipinski definition) is 0. The van der Waals surface area contributed by atoms with Gasteiger partial charge in [0, 0.05) is 17.0 Å². The lowest BCUT2D eigenvalue weighted by atomic mass is 10.1. The number of nitrogens with zero attached hydrogens (tertiary/aromatic N) is 1. The zero-order chi connectivity index (χ0) is 13.5. The molecule has 0 aromatic heterocycles. The van der Waals surface area contributed by atoms with Crippen LogP contribution in [-0.4, -0.2) is 13.1 Å². The monoisotopic (exact) mass is 267 g/mol. The predicted octanol–water partition coefficient (Wildman–Crippen LogP) is 2.94. The van der Waals surface area contributed by atoms with Crippen LogP contribution >= 0.6 is 11.6 Å². The van der Waals surface area contributed by atoms with Crippen LogP contribution in [0.4, 0.5) is 0 Å². The van der Waals surface area contributed by atoms with Crippen molar-refractivity contribution in [2.75, 3.05) is 7.11 Å². The topological polar surface area (TPSA) is 59.3 Å². The molecule has 0 heterocycles. The lowest BCUT2D eigenvalue weighted by Crippen LogP contribution is -2.14. The summed E-state index contributed by atoms with van der Waals surface area (Å²) in [5, 5.41) is 9.04. The third kappa shape index (κ3) is 3.94. The van der Waals surface area contributed by atoms with E-state index in [1.165, 1.54) is 7.11 Å². The smallest absolute Gasteiger partial charge is 0.310 e. The van der Waals surface area contributed by atoms with Crippen molar-refractivity contribution >= 4 is 17.6 Å². The second kappa shape index (κ2) is 6.87. The maximum Gasteiger partial charge on any atom is 0.310 e. The van der Waals surface area contributed by atoms with E-state index < -0.39 is 11.9 Å². The number of rotatable bonds is 5. The van der Waals surface area contributed by atoms with E-state index in [0.29, 0.717) is 16.3 Å². The van der Waals surface area contributed by atoms with Gasteiger partial charge in [0.25, 0.3) is 0 Å². The molecule has 18 heavy (non-hydrogen) atoms. The molecule has 0 spiro atoms. The Labute approximate surface area is 111 Å². The van der Waals surface area contributed by atoms with Crippen LogP contribution < -0.4 is 4.74 Å². The fourth-order valence-corrected chi connectivity index (χ4v) is 1.57. The number of halogens is 1. The number of benzene rings is 1. The number of ether oxygens (including phenoxy) is 2. The summed E-state index contributed by atoms with van der Waals surface area (Å²) in [4.78, 5) is 11.5. The minimum Gasteiger partial charge on any atom is -0.496 e. The van der Waals surface area contributed by atoms with Crippen molar-refractivity contribution in [1.29, 1.82) is 5.26 Å². The Morgan fingerprint density at radius 3 is 2.89 bits per heavy atom. The van der Waals surface area contributed by atoms with Crippen LogP contribution in [-0.2, 0) is 16.1 Å². The van der Waals surface area contributed by atoms with E-state index in [9.17, 15) is 4.79 Å². The molecule has 1 unspecified atom stereocenters. The summed E-state index contributed by atoms with van der Waals surface area (Å²) < 4.78 is 10.2. The molecule has 1 aromatic rings. The quantitative estimate of drug-likeness (QED) is 0.770. The summed E-state index contributed by atoms with van der Waals surface area (Å²) in [7, 11) is 1.53. The predicted molar refractivity (Wildman–Crippen MR) is 67.2 cm³/mol. The Balaban J connectivity index is 2.66. The number of nitriles is 1. The van der Waals surface area contributed by atoms with Crippen molar-refractivity contribution in [3.8, 4) is 11.8 Å². The highest BCUT2D eigenvalue weighted by Crippen LogP contribution is 2.23. The highest BCUT2D eigenvalue weighted by molar-refractivity contribution is 6.30. The summed E-state index contributed by atoms with van der Waals surface area (Å²) in [6.45, 7) is 1.74. The Bertz CT molecular complexity index is 468. The molecule has 0 aliphatic carbocycles. The fraction of sp³-hybridized carbons (Fsp3) is 0.385. The van der Waals surface area contributed by atoms with E-state index in [1.54, 1.807) is 25.1 Å². The zero-order valence-corrected chi connectivity index (χ0v) is 11.0. The number of methoxy groups -OCH3 is 1. The maximum absolute atomic E-state index is 11.5. The molecule has 0 saturated heterocycles. The molecular formula is C13H14ClNO3. The highest BCUT2D eigenvalue weighted by Gasteiger charge is 2.15. The van der Waals surface area contributed by atoms with E-state index in [-0.39, 0.29) is 13.0 Å². The molecule has 1 atom stereocenters. The molecular weight excluding hydrogens is 254 g/mol. The van der Waals surface area contributed by atoms with Gasteiger partial charge in [-0.25, -0.2) is 0 Å². The molecule has 0 amide bonds. The van der Waals surface area contributed by atoms with Crippen molar-refractivity contribution in [1.82, 2.24) is 0 Å². The highest BCUT2D eigenvalue weighted by atomic mass is 35.5. The Kier molecular flexibility index (Phi) is 5.47. The van der Waals surface area contributed by atoms with E-state index >= 15 is 0 Å². The minimum absolute atomic E-state index is 0.0817. The molecule has 1 rings (SSSR count). The fourth-order valence-electron chi connectivity index (χ4n) is 1.37. The van der Waals surface area contributed by atoms with Gasteiger partial charge in [-0.1, -0.05) is 18.5 Å². The van der Waals surface area contributed by atoms with Crippen molar-refractivity contribution in [3.63, 3.8) is 0 Å². The van der Waals surface area contributed by atoms with Crippen LogP contribution in [0.1, 0.15) is 18.9 Å². The molecule has 0 N–H and O–H groups in total. The third-order valence-corrected chi connectivity index (χ3v) is 2.65. The van der Waals surface area contributed by atoms with Crippen LogP contribution in [0.3, 0.4) is 0 Å². The van der Waals surface area contributed by atoms with Crippen LogP contribution in [0.2, 0.25) is 5.02 Å². The summed E-state index contributed by atoms with van der Waals surface area (Å²) >= 11 is 5.86. The van der Waals surface area contributed by atoms with Gasteiger partial charge in [0.2, 0.25) is 0 Å². The van der Waals surface area contributed by atoms with Gasteiger partial charge in [-0.15, -0.1) is 0 Å². The van der Waals surface area contributed by atoms with E-state index in [0.717, 1.165) is 0 Å². The molecule has 1 aromatic carbocycles. The molecule has 5 heteroatoms. The first-order valence-corrected chi connectivity index (χ1v) is 5.82. The van der Waals surface area contributed by atoms with E-state index in [4.69, 9.17) is 26.3 Å². The van der Waals surface area contributed by atoms with Crippen LogP contribution in [0, 0.1) is 17.2 Å². The number of carbonyl (C=O) groups excluding carboxylic acids is 1. The van der Waals surface area contributed by atoms with Gasteiger partial charge in [0.15, 0.2) is 0 Å². The van der Waals surface area contributed by atoms with Crippen molar-refractivity contribution < 1.29 is 14.3 Å². The summed E-state index contributed by atoms with van der Waals surface area (Å²) in [5.74, 6) is -0.223. The number of carbonyl (C=O) groups is 1. The number of hydrogen-bond acceptors (Lipinski definition) is 4. The van der Waals surface area contributed by atoms with Gasteiger partial charge < -0.3 is 9.47 Å². The Morgan fingerprint density at radius 1 is 1.56 bits per heavy atom. The Hall–Kier alpha value is -1.73. The van der Waals surface area contributed by atoms with E-state index in [1.807, 2.05) is 6.07 Å². The third-order valence-electron chi connectivity index (χ3n) is 2.41. The molecule has 0 aliphatic rings. The second-order valence-corrected chi connectivity index (χ2v) is 4.26. The second-order valence-electron chi connectivity index (χ2n) is 3.83. The normalized spacial score (nSPS) is 11.4. The largest absolute Gasteiger partial charge is 0.496 e. The van der Waals surface area contributed by atoms with Gasteiger partial charge in [-0.2, -0.15) is 5.26 Å². The van der Waals surface area contributed by atoms with E-state index in [2.05, 4.69) is 0 Å². The van der Waals surface area contributed by atoms with Crippen LogP contribution in [0.25, 0.3) is 0 Å². The average molecular weight is 268 g/mol. The molecule has 0 saturated carbocycles. The molecule has 4 nitrogen and oxygen atoms in total.